The summed E-state index contributed by atoms with van der Waals surface area (Å²) in [5.41, 5.74) is 2.87. The minimum absolute atomic E-state index is 0.000939. The number of aliphatic hydroxyl groups is 9. The maximum atomic E-state index is 11.2. The molecule has 0 aromatic heterocycles. The normalized spacial score (nSPS) is 39.4. The molecule has 16 atom stereocenters. The quantitative estimate of drug-likeness (QED) is 0.0776. The maximum Gasteiger partial charge on any atom is 0.202 e. The Kier molecular flexibility index (Phi) is 17.2. The second-order valence-electron chi connectivity index (χ2n) is 16.7. The number of aryl methyl sites for hydroxylation is 1. The first kappa shape index (κ1) is 46.5. The van der Waals surface area contributed by atoms with Crippen LogP contribution in [0.3, 0.4) is 0 Å². The number of hydrogen-bond acceptors (Lipinski definition) is 17. The first-order valence-corrected chi connectivity index (χ1v) is 21.4. The van der Waals surface area contributed by atoms with Crippen LogP contribution in [0.25, 0.3) is 0 Å². The van der Waals surface area contributed by atoms with Crippen molar-refractivity contribution in [2.45, 2.75) is 189 Å². The summed E-state index contributed by atoms with van der Waals surface area (Å²) >= 11 is 0. The van der Waals surface area contributed by atoms with Crippen LogP contribution in [0, 0.1) is 0 Å². The van der Waals surface area contributed by atoms with Gasteiger partial charge >= 0.3 is 0 Å². The summed E-state index contributed by atoms with van der Waals surface area (Å²) in [4.78, 5) is 0. The number of benzene rings is 1. The molecule has 4 aliphatic heterocycles. The standard InChI is InChI=1S/C42H66O17/c1-3-4-5-8-23-11-30(55-35-15-25(13-26(18-43)52-35)53-42-40(50)28(47)14-27(19-44)54-42)38(24-9-6-7-22(2)10-24)31(12-23)56-37-17-32(41(51)34(21-46)59-37)57-36-16-29(48)39(49)33(20-45)58-36/h10-12,24-29,32-37,39-51H,3-9,13-21H2,1-2H3/t24-,25-,26-,27-,28-,29+,32+,33+,34+,35-,36-,37+,39-,40+,41-,42+/m0/s1. The zero-order valence-electron chi connectivity index (χ0n) is 34.1. The molecule has 0 amide bonds. The molecule has 0 unspecified atom stereocenters. The van der Waals surface area contributed by atoms with E-state index < -0.39 is 106 Å². The van der Waals surface area contributed by atoms with E-state index in [0.717, 1.165) is 49.7 Å². The Morgan fingerprint density at radius 1 is 0.661 bits per heavy atom. The number of unbranched alkanes of at least 4 members (excludes halogenated alkanes) is 2. The van der Waals surface area contributed by atoms with E-state index >= 15 is 0 Å². The van der Waals surface area contributed by atoms with Gasteiger partial charge in [-0.2, -0.15) is 0 Å². The van der Waals surface area contributed by atoms with E-state index in [9.17, 15) is 46.0 Å². The van der Waals surface area contributed by atoms with Gasteiger partial charge in [-0.05, 0) is 56.7 Å². The SMILES string of the molecule is CCCCCc1cc(O[C@H]2C[C@@H](O[C@@H]3O[C@H](CO)C[C@H](O)[C@H]3O)C[C@@H](CO)O2)c([C@@H]2C=C(C)CCC2)c(O[C@H]2C[C@@H](O[C@@H]3C[C@@H](O)[C@H](O)[C@@H](CO)O3)[C@H](O)[C@@H](CO)O2)c1. The van der Waals surface area contributed by atoms with E-state index in [1.807, 2.05) is 12.1 Å². The van der Waals surface area contributed by atoms with Gasteiger partial charge in [0.1, 0.15) is 42.0 Å². The van der Waals surface area contributed by atoms with E-state index in [0.29, 0.717) is 17.9 Å². The van der Waals surface area contributed by atoms with Crippen LogP contribution in [-0.4, -0.2) is 165 Å². The number of allylic oxidation sites excluding steroid dienone is 2. The van der Waals surface area contributed by atoms with Crippen molar-refractivity contribution in [3.05, 3.63) is 34.9 Å². The Hall–Kier alpha value is -2.04. The molecule has 4 heterocycles. The number of rotatable bonds is 17. The van der Waals surface area contributed by atoms with E-state index in [-0.39, 0.29) is 51.2 Å². The van der Waals surface area contributed by atoms with Crippen LogP contribution in [0.2, 0.25) is 0 Å². The van der Waals surface area contributed by atoms with Gasteiger partial charge in [0.2, 0.25) is 12.6 Å². The summed E-state index contributed by atoms with van der Waals surface area (Å²) < 4.78 is 49.6. The van der Waals surface area contributed by atoms with Crippen LogP contribution in [-0.2, 0) is 34.8 Å². The highest BCUT2D eigenvalue weighted by Crippen LogP contribution is 2.45. The van der Waals surface area contributed by atoms with E-state index in [2.05, 4.69) is 19.9 Å². The minimum atomic E-state index is -1.34. The van der Waals surface area contributed by atoms with Gasteiger partial charge in [0.05, 0.1) is 63.1 Å². The highest BCUT2D eigenvalue weighted by Gasteiger charge is 2.45. The van der Waals surface area contributed by atoms with Crippen LogP contribution in [0.4, 0.5) is 0 Å². The van der Waals surface area contributed by atoms with Gasteiger partial charge in [0.15, 0.2) is 12.6 Å². The molecule has 4 saturated heterocycles. The average molecular weight is 843 g/mol. The van der Waals surface area contributed by atoms with Crippen LogP contribution in [0.1, 0.15) is 102 Å². The molecule has 1 aromatic rings. The molecule has 9 N–H and O–H groups in total. The molecule has 59 heavy (non-hydrogen) atoms. The molecular formula is C42H66O17. The van der Waals surface area contributed by atoms with E-state index in [1.165, 1.54) is 5.57 Å². The molecule has 17 nitrogen and oxygen atoms in total. The maximum absolute atomic E-state index is 11.2. The van der Waals surface area contributed by atoms with Gasteiger partial charge in [-0.3, -0.25) is 0 Å². The monoisotopic (exact) mass is 842 g/mol. The van der Waals surface area contributed by atoms with Crippen molar-refractivity contribution in [3.8, 4) is 11.5 Å². The Bertz CT molecular complexity index is 1480. The van der Waals surface area contributed by atoms with E-state index in [1.54, 1.807) is 0 Å². The third-order valence-corrected chi connectivity index (χ3v) is 12.0. The average Bonchev–Trinajstić information content (AvgIpc) is 3.21. The third-order valence-electron chi connectivity index (χ3n) is 12.0. The van der Waals surface area contributed by atoms with Gasteiger partial charge in [-0.1, -0.05) is 31.4 Å². The molecule has 0 bridgehead atoms. The zero-order valence-corrected chi connectivity index (χ0v) is 34.1. The Balaban J connectivity index is 1.29. The summed E-state index contributed by atoms with van der Waals surface area (Å²) in [7, 11) is 0. The van der Waals surface area contributed by atoms with Crippen molar-refractivity contribution in [2.75, 3.05) is 26.4 Å². The fourth-order valence-electron chi connectivity index (χ4n) is 8.74. The predicted octanol–water partition coefficient (Wildman–Crippen LogP) is 0.785. The number of ether oxygens (including phenoxy) is 8. The van der Waals surface area contributed by atoms with Gasteiger partial charge in [0.25, 0.3) is 0 Å². The van der Waals surface area contributed by atoms with Crippen molar-refractivity contribution in [3.63, 3.8) is 0 Å². The second kappa shape index (κ2) is 21.8. The Morgan fingerprint density at radius 2 is 1.31 bits per heavy atom. The van der Waals surface area contributed by atoms with Crippen LogP contribution in [0.15, 0.2) is 23.8 Å². The lowest BCUT2D eigenvalue weighted by Gasteiger charge is -2.42. The van der Waals surface area contributed by atoms with Gasteiger partial charge < -0.3 is 83.9 Å². The predicted molar refractivity (Wildman–Crippen MR) is 207 cm³/mol. The van der Waals surface area contributed by atoms with Gasteiger partial charge in [0, 0.05) is 43.6 Å². The Morgan fingerprint density at radius 3 is 1.97 bits per heavy atom. The fraction of sp³-hybridized carbons (Fsp3) is 0.810. The van der Waals surface area contributed by atoms with Crippen molar-refractivity contribution in [2.24, 2.45) is 0 Å². The van der Waals surface area contributed by atoms with Crippen molar-refractivity contribution < 1.29 is 83.9 Å². The lowest BCUT2D eigenvalue weighted by atomic mass is 9.84. The van der Waals surface area contributed by atoms with Gasteiger partial charge in [-0.15, -0.1) is 0 Å². The first-order chi connectivity index (χ1) is 28.4. The molecule has 0 radical (unpaired) electrons. The van der Waals surface area contributed by atoms with Crippen LogP contribution >= 0.6 is 0 Å². The lowest BCUT2D eigenvalue weighted by Crippen LogP contribution is -2.56. The lowest BCUT2D eigenvalue weighted by molar-refractivity contribution is -0.306. The van der Waals surface area contributed by atoms with Crippen molar-refractivity contribution >= 4 is 0 Å². The summed E-state index contributed by atoms with van der Waals surface area (Å²) in [6, 6.07) is 3.95. The fourth-order valence-corrected chi connectivity index (χ4v) is 8.74. The topological polar surface area (TPSA) is 256 Å². The second-order valence-corrected chi connectivity index (χ2v) is 16.7. The van der Waals surface area contributed by atoms with Gasteiger partial charge in [-0.25, -0.2) is 0 Å². The molecule has 336 valence electrons. The zero-order chi connectivity index (χ0) is 42.2. The molecule has 4 fully saturated rings. The molecular weight excluding hydrogens is 776 g/mol. The molecule has 5 aliphatic rings. The largest absolute Gasteiger partial charge is 0.464 e. The van der Waals surface area contributed by atoms with E-state index in [4.69, 9.17) is 37.9 Å². The third kappa shape index (κ3) is 11.9. The smallest absolute Gasteiger partial charge is 0.202 e. The van der Waals surface area contributed by atoms with Crippen molar-refractivity contribution in [1.29, 1.82) is 0 Å². The van der Waals surface area contributed by atoms with Crippen molar-refractivity contribution in [1.82, 2.24) is 0 Å². The number of aliphatic hydroxyl groups excluding tert-OH is 9. The van der Waals surface area contributed by atoms with Crippen LogP contribution in [0.5, 0.6) is 11.5 Å². The summed E-state index contributed by atoms with van der Waals surface area (Å²) in [5.74, 6) is 0.830. The first-order valence-electron chi connectivity index (χ1n) is 21.4. The summed E-state index contributed by atoms with van der Waals surface area (Å²) in [6.45, 7) is 2.42. The highest BCUT2D eigenvalue weighted by atomic mass is 16.7. The molecule has 0 saturated carbocycles. The molecule has 1 aromatic carbocycles. The Labute approximate surface area is 345 Å². The highest BCUT2D eigenvalue weighted by molar-refractivity contribution is 5.52. The molecule has 0 spiro atoms. The molecule has 17 heteroatoms. The molecule has 6 rings (SSSR count). The molecule has 1 aliphatic carbocycles. The number of hydrogen-bond donors (Lipinski definition) is 9. The van der Waals surface area contributed by atoms with Crippen LogP contribution < -0.4 is 9.47 Å². The minimum Gasteiger partial charge on any atom is -0.464 e. The summed E-state index contributed by atoms with van der Waals surface area (Å²) in [5, 5.41) is 92.9. The summed E-state index contributed by atoms with van der Waals surface area (Å²) in [6.07, 6.45) is -6.89.